The average Bonchev–Trinajstić information content (AvgIpc) is 2.67. The van der Waals surface area contributed by atoms with Crippen molar-refractivity contribution in [3.63, 3.8) is 0 Å². The molecule has 0 N–H and O–H groups in total. The van der Waals surface area contributed by atoms with Crippen molar-refractivity contribution in [2.45, 2.75) is 26.3 Å². The van der Waals surface area contributed by atoms with E-state index in [1.54, 1.807) is 0 Å². The SMILES string of the molecule is C=C(C)C[C@H](N=C(c1ccccc1)c1ccccc1)c1ccc(C)cc1. The molecule has 0 amide bonds. The van der Waals surface area contributed by atoms with Crippen LogP contribution in [0, 0.1) is 6.92 Å². The second-order valence-electron chi connectivity index (χ2n) is 6.80. The van der Waals surface area contributed by atoms with Crippen LogP contribution < -0.4 is 0 Å². The molecule has 1 atom stereocenters. The lowest BCUT2D eigenvalue weighted by atomic mass is 9.97. The first-order valence-electron chi connectivity index (χ1n) is 9.03. The van der Waals surface area contributed by atoms with Crippen molar-refractivity contribution in [1.82, 2.24) is 0 Å². The zero-order valence-corrected chi connectivity index (χ0v) is 15.5. The van der Waals surface area contributed by atoms with E-state index in [4.69, 9.17) is 4.99 Å². The number of hydrogen-bond donors (Lipinski definition) is 0. The first-order valence-corrected chi connectivity index (χ1v) is 9.03. The van der Waals surface area contributed by atoms with Gasteiger partial charge in [0.25, 0.3) is 0 Å². The Balaban J connectivity index is 2.10. The fourth-order valence-corrected chi connectivity index (χ4v) is 3.02. The van der Waals surface area contributed by atoms with Gasteiger partial charge in [0.15, 0.2) is 0 Å². The van der Waals surface area contributed by atoms with Gasteiger partial charge in [-0.2, -0.15) is 0 Å². The minimum atomic E-state index is 0.0588. The molecule has 0 saturated heterocycles. The molecular formula is C25H25N. The van der Waals surface area contributed by atoms with Gasteiger partial charge in [-0.1, -0.05) is 96.1 Å². The maximum absolute atomic E-state index is 5.21. The fourth-order valence-electron chi connectivity index (χ4n) is 3.02. The Kier molecular flexibility index (Phi) is 5.80. The van der Waals surface area contributed by atoms with Crippen LogP contribution >= 0.6 is 0 Å². The summed E-state index contributed by atoms with van der Waals surface area (Å²) < 4.78 is 0. The lowest BCUT2D eigenvalue weighted by Crippen LogP contribution is -2.07. The number of nitrogens with zero attached hydrogens (tertiary/aromatic N) is 1. The summed E-state index contributed by atoms with van der Waals surface area (Å²) in [5, 5.41) is 0. The molecule has 0 bridgehead atoms. The Morgan fingerprint density at radius 3 is 1.77 bits per heavy atom. The van der Waals surface area contributed by atoms with Crippen molar-refractivity contribution in [3.05, 3.63) is 119 Å². The van der Waals surface area contributed by atoms with Crippen LogP contribution in [0.25, 0.3) is 0 Å². The van der Waals surface area contributed by atoms with Crippen LogP contribution in [0.3, 0.4) is 0 Å². The number of aliphatic imine (C=N–C) groups is 1. The van der Waals surface area contributed by atoms with Crippen molar-refractivity contribution in [3.8, 4) is 0 Å². The standard InChI is InChI=1S/C25H25N/c1-19(2)18-24(21-16-14-20(3)15-17-21)26-25(22-10-6-4-7-11-22)23-12-8-5-9-13-23/h4-17,24H,1,18H2,2-3H3/t24-/m0/s1. The summed E-state index contributed by atoms with van der Waals surface area (Å²) in [5.41, 5.74) is 6.92. The van der Waals surface area contributed by atoms with Gasteiger partial charge in [-0.25, -0.2) is 0 Å². The van der Waals surface area contributed by atoms with Crippen molar-refractivity contribution in [2.24, 2.45) is 4.99 Å². The van der Waals surface area contributed by atoms with Gasteiger partial charge in [0.1, 0.15) is 0 Å². The minimum absolute atomic E-state index is 0.0588. The van der Waals surface area contributed by atoms with Crippen LogP contribution in [-0.4, -0.2) is 5.71 Å². The summed E-state index contributed by atoms with van der Waals surface area (Å²) in [6, 6.07) is 29.6. The highest BCUT2D eigenvalue weighted by atomic mass is 14.8. The van der Waals surface area contributed by atoms with Crippen molar-refractivity contribution in [1.29, 1.82) is 0 Å². The quantitative estimate of drug-likeness (QED) is 0.357. The molecule has 1 heteroatoms. The van der Waals surface area contributed by atoms with Crippen LogP contribution in [0.15, 0.2) is 102 Å². The molecule has 0 aliphatic carbocycles. The second-order valence-corrected chi connectivity index (χ2v) is 6.80. The predicted octanol–water partition coefficient (Wildman–Crippen LogP) is 6.54. The number of aryl methyl sites for hydroxylation is 1. The summed E-state index contributed by atoms with van der Waals surface area (Å²) in [7, 11) is 0. The second kappa shape index (κ2) is 8.44. The maximum Gasteiger partial charge on any atom is 0.0793 e. The maximum atomic E-state index is 5.21. The molecule has 1 nitrogen and oxygen atoms in total. The monoisotopic (exact) mass is 339 g/mol. The van der Waals surface area contributed by atoms with Gasteiger partial charge in [0.2, 0.25) is 0 Å². The molecule has 130 valence electrons. The third-order valence-electron chi connectivity index (χ3n) is 4.38. The third kappa shape index (κ3) is 4.58. The fraction of sp³-hybridized carbons (Fsp3) is 0.160. The molecule has 3 aromatic rings. The molecule has 26 heavy (non-hydrogen) atoms. The molecule has 0 spiro atoms. The molecule has 0 aliphatic heterocycles. The molecule has 0 radical (unpaired) electrons. The number of hydrogen-bond acceptors (Lipinski definition) is 1. The van der Waals surface area contributed by atoms with E-state index in [1.807, 2.05) is 12.1 Å². The van der Waals surface area contributed by atoms with Crippen LogP contribution in [-0.2, 0) is 0 Å². The highest BCUT2D eigenvalue weighted by Crippen LogP contribution is 2.27. The highest BCUT2D eigenvalue weighted by Gasteiger charge is 2.14. The van der Waals surface area contributed by atoms with Gasteiger partial charge >= 0.3 is 0 Å². The molecule has 0 aromatic heterocycles. The van der Waals surface area contributed by atoms with E-state index in [1.165, 1.54) is 11.1 Å². The van der Waals surface area contributed by atoms with Crippen LogP contribution in [0.5, 0.6) is 0 Å². The van der Waals surface area contributed by atoms with Gasteiger partial charge in [-0.15, -0.1) is 6.58 Å². The Hall–Kier alpha value is -2.93. The normalized spacial score (nSPS) is 11.6. The Labute approximate surface area is 156 Å². The van der Waals surface area contributed by atoms with Crippen LogP contribution in [0.2, 0.25) is 0 Å². The van der Waals surface area contributed by atoms with Gasteiger partial charge in [-0.3, -0.25) is 4.99 Å². The van der Waals surface area contributed by atoms with Gasteiger partial charge in [0, 0.05) is 11.1 Å². The van der Waals surface area contributed by atoms with E-state index >= 15 is 0 Å². The van der Waals surface area contributed by atoms with E-state index in [2.05, 4.69) is 93.2 Å². The predicted molar refractivity (Wildman–Crippen MR) is 112 cm³/mol. The molecule has 0 heterocycles. The summed E-state index contributed by atoms with van der Waals surface area (Å²) in [5.74, 6) is 0. The third-order valence-corrected chi connectivity index (χ3v) is 4.38. The smallest absolute Gasteiger partial charge is 0.0793 e. The van der Waals surface area contributed by atoms with E-state index in [0.29, 0.717) is 0 Å². The molecule has 0 unspecified atom stereocenters. The zero-order valence-electron chi connectivity index (χ0n) is 15.5. The average molecular weight is 339 g/mol. The van der Waals surface area contributed by atoms with Crippen molar-refractivity contribution < 1.29 is 0 Å². The van der Waals surface area contributed by atoms with Gasteiger partial charge in [-0.05, 0) is 25.8 Å². The van der Waals surface area contributed by atoms with Gasteiger partial charge < -0.3 is 0 Å². The Bertz CT molecular complexity index is 833. The summed E-state index contributed by atoms with van der Waals surface area (Å²) >= 11 is 0. The topological polar surface area (TPSA) is 12.4 Å². The largest absolute Gasteiger partial charge is 0.276 e. The number of rotatable bonds is 6. The summed E-state index contributed by atoms with van der Waals surface area (Å²) in [6.45, 7) is 8.30. The first-order chi connectivity index (χ1) is 12.6. The summed E-state index contributed by atoms with van der Waals surface area (Å²) in [6.07, 6.45) is 0.840. The van der Waals surface area contributed by atoms with Gasteiger partial charge in [0.05, 0.1) is 11.8 Å². The van der Waals surface area contributed by atoms with E-state index in [-0.39, 0.29) is 6.04 Å². The Morgan fingerprint density at radius 2 is 1.31 bits per heavy atom. The molecule has 3 rings (SSSR count). The molecule has 0 saturated carbocycles. The molecular weight excluding hydrogens is 314 g/mol. The van der Waals surface area contributed by atoms with E-state index < -0.39 is 0 Å². The Morgan fingerprint density at radius 1 is 0.808 bits per heavy atom. The van der Waals surface area contributed by atoms with Crippen LogP contribution in [0.1, 0.15) is 41.6 Å². The van der Waals surface area contributed by atoms with E-state index in [9.17, 15) is 0 Å². The van der Waals surface area contributed by atoms with Crippen molar-refractivity contribution in [2.75, 3.05) is 0 Å². The lowest BCUT2D eigenvalue weighted by molar-refractivity contribution is 0.720. The highest BCUT2D eigenvalue weighted by molar-refractivity contribution is 6.13. The minimum Gasteiger partial charge on any atom is -0.276 e. The molecule has 0 aliphatic rings. The molecule has 0 fully saturated rings. The molecule has 3 aromatic carbocycles. The van der Waals surface area contributed by atoms with E-state index in [0.717, 1.165) is 28.8 Å². The number of benzene rings is 3. The van der Waals surface area contributed by atoms with Crippen molar-refractivity contribution >= 4 is 5.71 Å². The lowest BCUT2D eigenvalue weighted by Gasteiger charge is -2.17. The summed E-state index contributed by atoms with van der Waals surface area (Å²) in [4.78, 5) is 5.21. The van der Waals surface area contributed by atoms with Crippen LogP contribution in [0.4, 0.5) is 0 Å². The zero-order chi connectivity index (χ0) is 18.4. The first kappa shape index (κ1) is 17.9.